The van der Waals surface area contributed by atoms with Crippen molar-refractivity contribution in [1.82, 2.24) is 0 Å². The van der Waals surface area contributed by atoms with E-state index < -0.39 is 0 Å². The van der Waals surface area contributed by atoms with E-state index in [-0.39, 0.29) is 0 Å². The Bertz CT molecular complexity index is 68.6. The van der Waals surface area contributed by atoms with Gasteiger partial charge >= 0.3 is 0 Å². The highest BCUT2D eigenvalue weighted by Gasteiger charge is 1.90. The average molecular weight is 114 g/mol. The third kappa shape index (κ3) is 1.98. The van der Waals surface area contributed by atoms with Gasteiger partial charge in [0.25, 0.3) is 0 Å². The molecule has 0 aromatic carbocycles. The average Bonchev–Trinajstić information content (AvgIpc) is 1.62. The molecule has 0 bridgehead atoms. The maximum absolute atomic E-state index is 4.69. The van der Waals surface area contributed by atoms with Crippen LogP contribution in [0.15, 0.2) is 12.3 Å². The lowest BCUT2D eigenvalue weighted by Crippen LogP contribution is -1.93. The summed E-state index contributed by atoms with van der Waals surface area (Å²) in [7, 11) is 0. The Labute approximate surface area is 49.0 Å². The zero-order chi connectivity index (χ0) is 5.66. The summed E-state index contributed by atoms with van der Waals surface area (Å²) in [6.45, 7) is 0.727. The number of allylic oxidation sites excluding steroid dienone is 1. The lowest BCUT2D eigenvalue weighted by atomic mass is 10.2. The number of hydrogen-bond acceptors (Lipinski definition) is 2. The van der Waals surface area contributed by atoms with Gasteiger partial charge in [-0.3, -0.25) is 0 Å². The zero-order valence-electron chi connectivity index (χ0n) is 4.80. The first-order chi connectivity index (χ1) is 4.00. The van der Waals surface area contributed by atoms with Crippen LogP contribution in [-0.2, 0) is 9.78 Å². The van der Waals surface area contributed by atoms with Crippen molar-refractivity contribution < 1.29 is 9.78 Å². The minimum atomic E-state index is 0.727. The van der Waals surface area contributed by atoms with Gasteiger partial charge in [0.15, 0.2) is 0 Å². The molecule has 0 aromatic rings. The van der Waals surface area contributed by atoms with Crippen LogP contribution < -0.4 is 0 Å². The van der Waals surface area contributed by atoms with E-state index in [1.54, 1.807) is 6.26 Å². The fraction of sp³-hybridized carbons (Fsp3) is 0.667. The third-order valence-corrected chi connectivity index (χ3v) is 1.07. The van der Waals surface area contributed by atoms with Crippen LogP contribution in [-0.4, -0.2) is 6.61 Å². The summed E-state index contributed by atoms with van der Waals surface area (Å²) in [5, 5.41) is 0. The number of rotatable bonds is 0. The summed E-state index contributed by atoms with van der Waals surface area (Å²) in [4.78, 5) is 9.28. The summed E-state index contributed by atoms with van der Waals surface area (Å²) < 4.78 is 0. The van der Waals surface area contributed by atoms with Crippen molar-refractivity contribution in [2.45, 2.75) is 19.3 Å². The van der Waals surface area contributed by atoms with Gasteiger partial charge in [-0.05, 0) is 25.3 Å². The highest BCUT2D eigenvalue weighted by Crippen LogP contribution is 2.00. The van der Waals surface area contributed by atoms with Crippen LogP contribution in [0.5, 0.6) is 0 Å². The quantitative estimate of drug-likeness (QED) is 0.445. The molecule has 1 aliphatic rings. The second kappa shape index (κ2) is 3.50. The first-order valence-corrected chi connectivity index (χ1v) is 2.93. The summed E-state index contributed by atoms with van der Waals surface area (Å²) >= 11 is 0. The molecular formula is C6H10O2. The van der Waals surface area contributed by atoms with E-state index in [4.69, 9.17) is 0 Å². The molecule has 0 N–H and O–H groups in total. The predicted molar refractivity (Wildman–Crippen MR) is 30.0 cm³/mol. The van der Waals surface area contributed by atoms with Gasteiger partial charge in [-0.2, -0.15) is 4.89 Å². The molecule has 0 atom stereocenters. The molecule has 0 aliphatic carbocycles. The Morgan fingerprint density at radius 1 is 1.25 bits per heavy atom. The molecule has 0 saturated carbocycles. The Morgan fingerprint density at radius 3 is 3.25 bits per heavy atom. The summed E-state index contributed by atoms with van der Waals surface area (Å²) in [5.74, 6) is 0. The zero-order valence-corrected chi connectivity index (χ0v) is 4.80. The van der Waals surface area contributed by atoms with Crippen molar-refractivity contribution in [3.05, 3.63) is 12.3 Å². The first kappa shape index (κ1) is 5.63. The fourth-order valence-electron chi connectivity index (χ4n) is 0.618. The summed E-state index contributed by atoms with van der Waals surface area (Å²) in [5.41, 5.74) is 0. The van der Waals surface area contributed by atoms with E-state index in [0.717, 1.165) is 19.4 Å². The van der Waals surface area contributed by atoms with Crippen molar-refractivity contribution in [3.63, 3.8) is 0 Å². The largest absolute Gasteiger partial charge is 0.346 e. The Balaban J connectivity index is 2.17. The molecule has 1 heterocycles. The Kier molecular flexibility index (Phi) is 2.46. The second-order valence-corrected chi connectivity index (χ2v) is 1.79. The van der Waals surface area contributed by atoms with Crippen molar-refractivity contribution >= 4 is 0 Å². The standard InChI is InChI=1S/C6H10O2/c1-2-4-6-8-7-5-3-1/h3,5H,1-2,4,6H2/b5-3-. The second-order valence-electron chi connectivity index (χ2n) is 1.79. The Morgan fingerprint density at radius 2 is 2.25 bits per heavy atom. The highest BCUT2D eigenvalue weighted by atomic mass is 17.2. The van der Waals surface area contributed by atoms with Gasteiger partial charge in [0, 0.05) is 0 Å². The van der Waals surface area contributed by atoms with Gasteiger partial charge in [0.2, 0.25) is 0 Å². The van der Waals surface area contributed by atoms with Gasteiger partial charge in [-0.15, -0.1) is 0 Å². The van der Waals surface area contributed by atoms with Crippen LogP contribution in [0.3, 0.4) is 0 Å². The summed E-state index contributed by atoms with van der Waals surface area (Å²) in [6.07, 6.45) is 6.99. The summed E-state index contributed by atoms with van der Waals surface area (Å²) in [6, 6.07) is 0. The molecule has 46 valence electrons. The fourth-order valence-corrected chi connectivity index (χ4v) is 0.618. The molecule has 1 aliphatic heterocycles. The first-order valence-electron chi connectivity index (χ1n) is 2.93. The lowest BCUT2D eigenvalue weighted by molar-refractivity contribution is -0.250. The van der Waals surface area contributed by atoms with E-state index in [9.17, 15) is 0 Å². The molecule has 0 amide bonds. The van der Waals surface area contributed by atoms with Crippen LogP contribution in [0.4, 0.5) is 0 Å². The lowest BCUT2D eigenvalue weighted by Gasteiger charge is -2.02. The van der Waals surface area contributed by atoms with Crippen LogP contribution >= 0.6 is 0 Å². The molecule has 0 unspecified atom stereocenters. The molecule has 2 heteroatoms. The maximum atomic E-state index is 4.69. The molecule has 0 aromatic heterocycles. The Hall–Kier alpha value is -0.500. The maximum Gasteiger partial charge on any atom is 0.125 e. The van der Waals surface area contributed by atoms with Crippen molar-refractivity contribution in [3.8, 4) is 0 Å². The predicted octanol–water partition coefficient (Wildman–Crippen LogP) is 1.63. The highest BCUT2D eigenvalue weighted by molar-refractivity contribution is 4.72. The van der Waals surface area contributed by atoms with Crippen LogP contribution in [0.25, 0.3) is 0 Å². The van der Waals surface area contributed by atoms with Gasteiger partial charge < -0.3 is 4.89 Å². The normalized spacial score (nSPS) is 25.0. The minimum absolute atomic E-state index is 0.727. The van der Waals surface area contributed by atoms with Gasteiger partial charge in [0.05, 0.1) is 6.61 Å². The minimum Gasteiger partial charge on any atom is -0.346 e. The van der Waals surface area contributed by atoms with Crippen molar-refractivity contribution in [1.29, 1.82) is 0 Å². The molecule has 0 fully saturated rings. The van der Waals surface area contributed by atoms with Crippen molar-refractivity contribution in [2.24, 2.45) is 0 Å². The smallest absolute Gasteiger partial charge is 0.125 e. The van der Waals surface area contributed by atoms with E-state index in [1.165, 1.54) is 6.42 Å². The molecule has 0 spiro atoms. The SMILES string of the molecule is C1=C\OOCCCC/1. The van der Waals surface area contributed by atoms with Crippen LogP contribution in [0, 0.1) is 0 Å². The molecule has 1 rings (SSSR count). The molecule has 8 heavy (non-hydrogen) atoms. The molecular weight excluding hydrogens is 104 g/mol. The molecule has 2 nitrogen and oxygen atoms in total. The molecule has 0 saturated heterocycles. The van der Waals surface area contributed by atoms with E-state index >= 15 is 0 Å². The third-order valence-electron chi connectivity index (χ3n) is 1.07. The van der Waals surface area contributed by atoms with Crippen molar-refractivity contribution in [2.75, 3.05) is 6.61 Å². The monoisotopic (exact) mass is 114 g/mol. The van der Waals surface area contributed by atoms with Gasteiger partial charge in [0.1, 0.15) is 6.26 Å². The van der Waals surface area contributed by atoms with E-state index in [0.29, 0.717) is 0 Å². The van der Waals surface area contributed by atoms with E-state index in [2.05, 4.69) is 9.78 Å². The number of hydrogen-bond donors (Lipinski definition) is 0. The van der Waals surface area contributed by atoms with Crippen LogP contribution in [0.2, 0.25) is 0 Å². The van der Waals surface area contributed by atoms with Gasteiger partial charge in [-0.1, -0.05) is 0 Å². The van der Waals surface area contributed by atoms with E-state index in [1.807, 2.05) is 6.08 Å². The molecule has 0 radical (unpaired) electrons. The van der Waals surface area contributed by atoms with Gasteiger partial charge in [-0.25, -0.2) is 0 Å². The van der Waals surface area contributed by atoms with Crippen LogP contribution in [0.1, 0.15) is 19.3 Å². The topological polar surface area (TPSA) is 18.5 Å².